The van der Waals surface area contributed by atoms with Crippen LogP contribution in [0, 0.1) is 5.92 Å². The van der Waals surface area contributed by atoms with Crippen molar-refractivity contribution in [2.75, 3.05) is 5.32 Å². The maximum atomic E-state index is 12.2. The van der Waals surface area contributed by atoms with E-state index in [2.05, 4.69) is 15.4 Å². The van der Waals surface area contributed by atoms with E-state index in [1.807, 2.05) is 24.3 Å². The van der Waals surface area contributed by atoms with E-state index >= 15 is 0 Å². The standard InChI is InChI=1S/C15H19N5O.2ClH/c16-14-3-1-2-13(14)15(21)19-12-6-4-11(5-7-12)8-20-10-17-9-18-20;;/h4-7,9-10,13-14H,1-3,8,16H2,(H,19,21);2*1H. The zero-order valence-corrected chi connectivity index (χ0v) is 14.2. The molecule has 2 unspecified atom stereocenters. The van der Waals surface area contributed by atoms with Crippen molar-refractivity contribution in [1.29, 1.82) is 0 Å². The number of rotatable bonds is 4. The Morgan fingerprint density at radius 3 is 2.57 bits per heavy atom. The van der Waals surface area contributed by atoms with Crippen LogP contribution in [-0.2, 0) is 11.3 Å². The number of carbonyl (C=O) groups excluding carboxylic acids is 1. The van der Waals surface area contributed by atoms with E-state index in [1.165, 1.54) is 6.33 Å². The van der Waals surface area contributed by atoms with Gasteiger partial charge in [0.25, 0.3) is 0 Å². The first-order chi connectivity index (χ1) is 10.2. The van der Waals surface area contributed by atoms with Crippen LogP contribution in [-0.4, -0.2) is 26.7 Å². The SMILES string of the molecule is Cl.Cl.NC1CCCC1C(=O)Nc1ccc(Cn2cncn2)cc1. The summed E-state index contributed by atoms with van der Waals surface area (Å²) in [6.07, 6.45) is 6.05. The van der Waals surface area contributed by atoms with Crippen LogP contribution in [0.3, 0.4) is 0 Å². The Hall–Kier alpha value is -1.63. The molecule has 1 aliphatic carbocycles. The summed E-state index contributed by atoms with van der Waals surface area (Å²) in [4.78, 5) is 16.1. The topological polar surface area (TPSA) is 85.8 Å². The molecule has 2 atom stereocenters. The van der Waals surface area contributed by atoms with Crippen LogP contribution in [0.1, 0.15) is 24.8 Å². The number of hydrogen-bond acceptors (Lipinski definition) is 4. The molecule has 1 amide bonds. The second kappa shape index (κ2) is 8.86. The van der Waals surface area contributed by atoms with Crippen LogP contribution < -0.4 is 11.1 Å². The number of nitrogens with zero attached hydrogens (tertiary/aromatic N) is 3. The summed E-state index contributed by atoms with van der Waals surface area (Å²) >= 11 is 0. The monoisotopic (exact) mass is 357 g/mol. The van der Waals surface area contributed by atoms with Gasteiger partial charge < -0.3 is 11.1 Å². The van der Waals surface area contributed by atoms with Gasteiger partial charge in [0.15, 0.2) is 0 Å². The summed E-state index contributed by atoms with van der Waals surface area (Å²) in [5.74, 6) is -0.0242. The molecule has 0 aliphatic heterocycles. The number of benzene rings is 1. The molecular weight excluding hydrogens is 337 g/mol. The second-order valence-corrected chi connectivity index (χ2v) is 5.48. The van der Waals surface area contributed by atoms with E-state index in [9.17, 15) is 4.79 Å². The Bertz CT molecular complexity index is 603. The number of amides is 1. The summed E-state index contributed by atoms with van der Waals surface area (Å²) < 4.78 is 1.76. The maximum Gasteiger partial charge on any atom is 0.229 e. The molecule has 1 aromatic carbocycles. The zero-order valence-electron chi connectivity index (χ0n) is 12.6. The molecule has 126 valence electrons. The highest BCUT2D eigenvalue weighted by Gasteiger charge is 2.30. The van der Waals surface area contributed by atoms with E-state index < -0.39 is 0 Å². The quantitative estimate of drug-likeness (QED) is 0.878. The predicted octanol–water partition coefficient (Wildman–Crippen LogP) is 2.24. The molecule has 1 heterocycles. The number of anilines is 1. The highest BCUT2D eigenvalue weighted by Crippen LogP contribution is 2.25. The van der Waals surface area contributed by atoms with Gasteiger partial charge in [0, 0.05) is 11.7 Å². The third kappa shape index (κ3) is 4.92. The number of halogens is 2. The minimum atomic E-state index is -0.0557. The highest BCUT2D eigenvalue weighted by atomic mass is 35.5. The van der Waals surface area contributed by atoms with Gasteiger partial charge in [-0.15, -0.1) is 24.8 Å². The lowest BCUT2D eigenvalue weighted by Crippen LogP contribution is -2.34. The molecular formula is C15H21Cl2N5O. The fraction of sp³-hybridized carbons (Fsp3) is 0.400. The Labute approximate surface area is 147 Å². The Morgan fingerprint density at radius 1 is 1.26 bits per heavy atom. The van der Waals surface area contributed by atoms with Crippen LogP contribution in [0.5, 0.6) is 0 Å². The zero-order chi connectivity index (χ0) is 14.7. The molecule has 8 heteroatoms. The number of carbonyl (C=O) groups is 1. The van der Waals surface area contributed by atoms with Crippen molar-refractivity contribution in [2.24, 2.45) is 11.7 Å². The van der Waals surface area contributed by atoms with E-state index in [-0.39, 0.29) is 42.7 Å². The summed E-state index contributed by atoms with van der Waals surface area (Å²) in [5, 5.41) is 7.01. The minimum absolute atomic E-state index is 0. The van der Waals surface area contributed by atoms with Crippen molar-refractivity contribution in [3.05, 3.63) is 42.5 Å². The summed E-state index contributed by atoms with van der Waals surface area (Å²) in [5.41, 5.74) is 7.87. The smallest absolute Gasteiger partial charge is 0.229 e. The van der Waals surface area contributed by atoms with Gasteiger partial charge >= 0.3 is 0 Å². The molecule has 6 nitrogen and oxygen atoms in total. The minimum Gasteiger partial charge on any atom is -0.327 e. The van der Waals surface area contributed by atoms with Crippen molar-refractivity contribution in [3.8, 4) is 0 Å². The summed E-state index contributed by atoms with van der Waals surface area (Å²) in [6, 6.07) is 7.77. The summed E-state index contributed by atoms with van der Waals surface area (Å²) in [7, 11) is 0. The number of hydrogen-bond donors (Lipinski definition) is 2. The van der Waals surface area contributed by atoms with Crippen LogP contribution in [0.15, 0.2) is 36.9 Å². The van der Waals surface area contributed by atoms with Crippen LogP contribution in [0.25, 0.3) is 0 Å². The first-order valence-corrected chi connectivity index (χ1v) is 7.20. The average molecular weight is 358 g/mol. The second-order valence-electron chi connectivity index (χ2n) is 5.48. The average Bonchev–Trinajstić information content (AvgIpc) is 3.12. The maximum absolute atomic E-state index is 12.2. The lowest BCUT2D eigenvalue weighted by atomic mass is 10.0. The molecule has 2 aromatic rings. The van der Waals surface area contributed by atoms with Gasteiger partial charge in [-0.05, 0) is 30.5 Å². The number of nitrogens with one attached hydrogen (secondary N) is 1. The van der Waals surface area contributed by atoms with Gasteiger partial charge in [0.1, 0.15) is 12.7 Å². The van der Waals surface area contributed by atoms with Crippen LogP contribution in [0.4, 0.5) is 5.69 Å². The van der Waals surface area contributed by atoms with E-state index in [1.54, 1.807) is 11.0 Å². The Kier molecular flexibility index (Phi) is 7.48. The molecule has 1 fully saturated rings. The number of aromatic nitrogens is 3. The molecule has 1 aliphatic rings. The van der Waals surface area contributed by atoms with Gasteiger partial charge in [-0.3, -0.25) is 4.79 Å². The van der Waals surface area contributed by atoms with Gasteiger partial charge in [0.2, 0.25) is 5.91 Å². The number of nitrogens with two attached hydrogens (primary N) is 1. The molecule has 3 N–H and O–H groups in total. The van der Waals surface area contributed by atoms with E-state index in [4.69, 9.17) is 5.73 Å². The van der Waals surface area contributed by atoms with E-state index in [0.717, 1.165) is 30.5 Å². The third-order valence-electron chi connectivity index (χ3n) is 3.94. The van der Waals surface area contributed by atoms with Crippen molar-refractivity contribution in [1.82, 2.24) is 14.8 Å². The Balaban J connectivity index is 0.00000132. The van der Waals surface area contributed by atoms with Crippen LogP contribution in [0.2, 0.25) is 0 Å². The molecule has 23 heavy (non-hydrogen) atoms. The highest BCUT2D eigenvalue weighted by molar-refractivity contribution is 5.93. The van der Waals surface area contributed by atoms with Crippen molar-refractivity contribution >= 4 is 36.4 Å². The van der Waals surface area contributed by atoms with Gasteiger partial charge in [-0.1, -0.05) is 18.6 Å². The molecule has 0 bridgehead atoms. The molecule has 1 saturated carbocycles. The van der Waals surface area contributed by atoms with Crippen molar-refractivity contribution < 1.29 is 4.79 Å². The lowest BCUT2D eigenvalue weighted by Gasteiger charge is -2.15. The largest absolute Gasteiger partial charge is 0.327 e. The fourth-order valence-electron chi connectivity index (χ4n) is 2.74. The fourth-order valence-corrected chi connectivity index (χ4v) is 2.74. The Morgan fingerprint density at radius 2 is 2.00 bits per heavy atom. The molecule has 1 aromatic heterocycles. The molecule has 0 spiro atoms. The molecule has 0 radical (unpaired) electrons. The third-order valence-corrected chi connectivity index (χ3v) is 3.94. The first-order valence-electron chi connectivity index (χ1n) is 7.20. The summed E-state index contributed by atoms with van der Waals surface area (Å²) in [6.45, 7) is 0.668. The lowest BCUT2D eigenvalue weighted by molar-refractivity contribution is -0.120. The first kappa shape index (κ1) is 19.4. The normalized spacial score (nSPS) is 19.5. The van der Waals surface area contributed by atoms with Gasteiger partial charge in [-0.2, -0.15) is 5.10 Å². The van der Waals surface area contributed by atoms with Gasteiger partial charge in [-0.25, -0.2) is 9.67 Å². The van der Waals surface area contributed by atoms with E-state index in [0.29, 0.717) is 6.54 Å². The van der Waals surface area contributed by atoms with Crippen LogP contribution >= 0.6 is 24.8 Å². The molecule has 0 saturated heterocycles. The predicted molar refractivity (Wildman–Crippen MR) is 94.0 cm³/mol. The van der Waals surface area contributed by atoms with Crippen molar-refractivity contribution in [3.63, 3.8) is 0 Å². The van der Waals surface area contributed by atoms with Gasteiger partial charge in [0.05, 0.1) is 12.5 Å². The molecule has 3 rings (SSSR count). The van der Waals surface area contributed by atoms with Crippen molar-refractivity contribution in [2.45, 2.75) is 31.8 Å².